The Balaban J connectivity index is 3.12. The molecule has 0 spiro atoms. The standard InChI is InChI=1S/C18H32O3/c1-9-10-16(5,6)11-17(7)12-18(8,15(2,3)4)14(20)21-13(17)19/h9-12H2,1-8H3. The molecule has 0 aromatic heterocycles. The fourth-order valence-electron chi connectivity index (χ4n) is 3.77. The van der Waals surface area contributed by atoms with Gasteiger partial charge in [0.05, 0.1) is 10.8 Å². The van der Waals surface area contributed by atoms with Gasteiger partial charge in [-0.1, -0.05) is 48.0 Å². The Labute approximate surface area is 129 Å². The van der Waals surface area contributed by atoms with E-state index in [0.717, 1.165) is 19.3 Å². The van der Waals surface area contributed by atoms with Crippen LogP contribution in [0.1, 0.15) is 81.1 Å². The number of rotatable bonds is 4. The highest BCUT2D eigenvalue weighted by Gasteiger charge is 2.58. The molecule has 3 heteroatoms. The van der Waals surface area contributed by atoms with Gasteiger partial charge in [-0.3, -0.25) is 9.59 Å². The summed E-state index contributed by atoms with van der Waals surface area (Å²) in [5, 5.41) is 0. The van der Waals surface area contributed by atoms with E-state index in [-0.39, 0.29) is 22.8 Å². The highest BCUT2D eigenvalue weighted by atomic mass is 16.6. The van der Waals surface area contributed by atoms with Crippen molar-refractivity contribution >= 4 is 11.9 Å². The third kappa shape index (κ3) is 3.49. The smallest absolute Gasteiger partial charge is 0.320 e. The molecule has 0 aliphatic carbocycles. The van der Waals surface area contributed by atoms with E-state index >= 15 is 0 Å². The minimum atomic E-state index is -0.627. The van der Waals surface area contributed by atoms with Crippen molar-refractivity contribution in [1.82, 2.24) is 0 Å². The topological polar surface area (TPSA) is 43.4 Å². The molecule has 0 aromatic rings. The second-order valence-corrected chi connectivity index (χ2v) is 9.09. The second-order valence-electron chi connectivity index (χ2n) is 9.09. The summed E-state index contributed by atoms with van der Waals surface area (Å²) >= 11 is 0. The number of hydrogen-bond acceptors (Lipinski definition) is 3. The zero-order valence-corrected chi connectivity index (χ0v) is 15.1. The molecule has 1 heterocycles. The first-order valence-corrected chi connectivity index (χ1v) is 8.04. The first-order chi connectivity index (χ1) is 9.27. The van der Waals surface area contributed by atoms with Gasteiger partial charge in [-0.05, 0) is 43.9 Å². The molecule has 0 N–H and O–H groups in total. The average Bonchev–Trinajstić information content (AvgIpc) is 2.23. The van der Waals surface area contributed by atoms with Crippen molar-refractivity contribution in [2.45, 2.75) is 81.1 Å². The minimum absolute atomic E-state index is 0.0711. The van der Waals surface area contributed by atoms with E-state index in [9.17, 15) is 9.59 Å². The molecule has 3 nitrogen and oxygen atoms in total. The van der Waals surface area contributed by atoms with Crippen molar-refractivity contribution in [3.8, 4) is 0 Å². The van der Waals surface area contributed by atoms with Gasteiger partial charge in [0, 0.05) is 0 Å². The Morgan fingerprint density at radius 1 is 1.05 bits per heavy atom. The predicted octanol–water partition coefficient (Wildman–Crippen LogP) is 4.74. The number of carbonyl (C=O) groups excluding carboxylic acids is 2. The van der Waals surface area contributed by atoms with E-state index in [1.165, 1.54) is 0 Å². The summed E-state index contributed by atoms with van der Waals surface area (Å²) in [5.41, 5.74) is -1.38. The minimum Gasteiger partial charge on any atom is -0.392 e. The van der Waals surface area contributed by atoms with Gasteiger partial charge in [-0.25, -0.2) is 0 Å². The number of hydrogen-bond donors (Lipinski definition) is 0. The van der Waals surface area contributed by atoms with Gasteiger partial charge in [0.25, 0.3) is 0 Å². The maximum Gasteiger partial charge on any atom is 0.320 e. The number of esters is 2. The largest absolute Gasteiger partial charge is 0.392 e. The van der Waals surface area contributed by atoms with Gasteiger partial charge >= 0.3 is 11.9 Å². The predicted molar refractivity (Wildman–Crippen MR) is 84.7 cm³/mol. The molecule has 1 rings (SSSR count). The lowest BCUT2D eigenvalue weighted by atomic mass is 9.56. The molecule has 2 atom stereocenters. The number of carbonyl (C=O) groups is 2. The molecule has 0 saturated carbocycles. The van der Waals surface area contributed by atoms with E-state index in [4.69, 9.17) is 4.74 Å². The molecule has 1 saturated heterocycles. The van der Waals surface area contributed by atoms with Gasteiger partial charge in [0.1, 0.15) is 0 Å². The summed E-state index contributed by atoms with van der Waals surface area (Å²) in [4.78, 5) is 24.7. The lowest BCUT2D eigenvalue weighted by Crippen LogP contribution is -2.54. The molecule has 0 radical (unpaired) electrons. The van der Waals surface area contributed by atoms with Crippen LogP contribution in [0.5, 0.6) is 0 Å². The first kappa shape index (κ1) is 18.2. The summed E-state index contributed by atoms with van der Waals surface area (Å²) in [6.45, 7) is 16.6. The van der Waals surface area contributed by atoms with Crippen molar-refractivity contribution in [2.75, 3.05) is 0 Å². The molecule has 0 bridgehead atoms. The highest BCUT2D eigenvalue weighted by Crippen LogP contribution is 2.54. The quantitative estimate of drug-likeness (QED) is 0.556. The fraction of sp³-hybridized carbons (Fsp3) is 0.889. The van der Waals surface area contributed by atoms with E-state index in [1.807, 2.05) is 34.6 Å². The zero-order chi connectivity index (χ0) is 16.7. The van der Waals surface area contributed by atoms with Crippen LogP contribution in [-0.4, -0.2) is 11.9 Å². The number of ether oxygens (including phenoxy) is 1. The summed E-state index contributed by atoms with van der Waals surface area (Å²) in [5.74, 6) is -0.718. The third-order valence-corrected chi connectivity index (χ3v) is 5.32. The van der Waals surface area contributed by atoms with Crippen molar-refractivity contribution in [3.63, 3.8) is 0 Å². The van der Waals surface area contributed by atoms with Crippen LogP contribution in [0.2, 0.25) is 0 Å². The Kier molecular flexibility index (Phi) is 4.68. The molecule has 0 aromatic carbocycles. The van der Waals surface area contributed by atoms with Crippen LogP contribution in [0.25, 0.3) is 0 Å². The summed E-state index contributed by atoms with van der Waals surface area (Å²) in [6.07, 6.45) is 3.48. The zero-order valence-electron chi connectivity index (χ0n) is 15.1. The summed E-state index contributed by atoms with van der Waals surface area (Å²) < 4.78 is 5.19. The van der Waals surface area contributed by atoms with Crippen molar-refractivity contribution < 1.29 is 14.3 Å². The Hall–Kier alpha value is -0.860. The maximum atomic E-state index is 12.4. The Bertz CT molecular complexity index is 430. The van der Waals surface area contributed by atoms with Gasteiger partial charge in [0.2, 0.25) is 0 Å². The van der Waals surface area contributed by atoms with Crippen LogP contribution in [0.3, 0.4) is 0 Å². The third-order valence-electron chi connectivity index (χ3n) is 5.32. The Morgan fingerprint density at radius 2 is 1.57 bits per heavy atom. The molecule has 2 unspecified atom stereocenters. The van der Waals surface area contributed by atoms with E-state index < -0.39 is 10.8 Å². The lowest BCUT2D eigenvalue weighted by molar-refractivity contribution is -0.194. The molecule has 1 aliphatic heterocycles. The summed E-state index contributed by atoms with van der Waals surface area (Å²) in [6, 6.07) is 0. The van der Waals surface area contributed by atoms with Gasteiger partial charge in [-0.15, -0.1) is 0 Å². The van der Waals surface area contributed by atoms with Crippen molar-refractivity contribution in [1.29, 1.82) is 0 Å². The first-order valence-electron chi connectivity index (χ1n) is 8.04. The fourth-order valence-corrected chi connectivity index (χ4v) is 3.77. The number of cyclic esters (lactones) is 2. The normalized spacial score (nSPS) is 31.2. The maximum absolute atomic E-state index is 12.4. The van der Waals surface area contributed by atoms with E-state index in [0.29, 0.717) is 6.42 Å². The van der Waals surface area contributed by atoms with Crippen molar-refractivity contribution in [3.05, 3.63) is 0 Å². The van der Waals surface area contributed by atoms with Crippen LogP contribution in [0.15, 0.2) is 0 Å². The molecular weight excluding hydrogens is 264 g/mol. The molecule has 0 amide bonds. The molecular formula is C18H32O3. The van der Waals surface area contributed by atoms with E-state index in [2.05, 4.69) is 20.8 Å². The van der Waals surface area contributed by atoms with Crippen LogP contribution in [0.4, 0.5) is 0 Å². The monoisotopic (exact) mass is 296 g/mol. The molecule has 122 valence electrons. The second kappa shape index (κ2) is 5.40. The van der Waals surface area contributed by atoms with E-state index in [1.54, 1.807) is 0 Å². The molecule has 1 fully saturated rings. The Morgan fingerprint density at radius 3 is 2.00 bits per heavy atom. The van der Waals surface area contributed by atoms with Gasteiger partial charge in [0.15, 0.2) is 0 Å². The lowest BCUT2D eigenvalue weighted by Gasteiger charge is -2.49. The molecule has 1 aliphatic rings. The highest BCUT2D eigenvalue weighted by molar-refractivity contribution is 5.95. The summed E-state index contributed by atoms with van der Waals surface area (Å²) in [7, 11) is 0. The van der Waals surface area contributed by atoms with Crippen LogP contribution in [-0.2, 0) is 14.3 Å². The van der Waals surface area contributed by atoms with Gasteiger partial charge < -0.3 is 4.74 Å². The van der Waals surface area contributed by atoms with Crippen LogP contribution in [0, 0.1) is 21.7 Å². The van der Waals surface area contributed by atoms with Crippen molar-refractivity contribution in [2.24, 2.45) is 21.7 Å². The average molecular weight is 296 g/mol. The van der Waals surface area contributed by atoms with Crippen LogP contribution >= 0.6 is 0 Å². The SMILES string of the molecule is CCCC(C)(C)CC1(C)CC(C)(C(C)(C)C)C(=O)OC1=O. The molecule has 21 heavy (non-hydrogen) atoms. The van der Waals surface area contributed by atoms with Gasteiger partial charge in [-0.2, -0.15) is 0 Å². The van der Waals surface area contributed by atoms with Crippen LogP contribution < -0.4 is 0 Å².